The quantitative estimate of drug-likeness (QED) is 0.747. The summed E-state index contributed by atoms with van der Waals surface area (Å²) in [6.45, 7) is 1.54. The third-order valence-corrected chi connectivity index (χ3v) is 3.78. The van der Waals surface area contributed by atoms with Crippen LogP contribution in [0.3, 0.4) is 0 Å². The van der Waals surface area contributed by atoms with Crippen LogP contribution in [-0.4, -0.2) is 12.0 Å². The molecular formula is C15H11BrCl2FNO2. The maximum absolute atomic E-state index is 13.7. The molecule has 0 spiro atoms. The molecule has 0 fully saturated rings. The highest BCUT2D eigenvalue weighted by Gasteiger charge is 2.18. The Bertz CT molecular complexity index is 712. The van der Waals surface area contributed by atoms with Gasteiger partial charge in [-0.3, -0.25) is 4.79 Å². The van der Waals surface area contributed by atoms with Gasteiger partial charge in [0.15, 0.2) is 6.10 Å². The Kier molecular flexibility index (Phi) is 5.67. The molecule has 0 radical (unpaired) electrons. The van der Waals surface area contributed by atoms with E-state index in [1.54, 1.807) is 18.2 Å². The van der Waals surface area contributed by atoms with Gasteiger partial charge in [0.25, 0.3) is 5.91 Å². The van der Waals surface area contributed by atoms with Crippen molar-refractivity contribution in [1.82, 2.24) is 0 Å². The molecule has 0 heterocycles. The van der Waals surface area contributed by atoms with Crippen LogP contribution in [0.4, 0.5) is 10.1 Å². The smallest absolute Gasteiger partial charge is 0.265 e. The molecule has 0 aromatic heterocycles. The fraction of sp³-hybridized carbons (Fsp3) is 0.133. The minimum Gasteiger partial charge on any atom is -0.479 e. The van der Waals surface area contributed by atoms with E-state index in [1.165, 1.54) is 25.1 Å². The van der Waals surface area contributed by atoms with Crippen LogP contribution in [0, 0.1) is 5.82 Å². The Morgan fingerprint density at radius 2 is 2.00 bits per heavy atom. The Morgan fingerprint density at radius 3 is 2.64 bits per heavy atom. The van der Waals surface area contributed by atoms with Crippen molar-refractivity contribution >= 4 is 50.7 Å². The van der Waals surface area contributed by atoms with Gasteiger partial charge >= 0.3 is 0 Å². The number of anilines is 1. The second kappa shape index (κ2) is 7.31. The van der Waals surface area contributed by atoms with Crippen LogP contribution < -0.4 is 10.1 Å². The Labute approximate surface area is 145 Å². The normalized spacial score (nSPS) is 11.9. The number of hydrogen-bond donors (Lipinski definition) is 1. The first-order valence-corrected chi connectivity index (χ1v) is 7.79. The first kappa shape index (κ1) is 17.1. The van der Waals surface area contributed by atoms with Gasteiger partial charge in [-0.15, -0.1) is 0 Å². The summed E-state index contributed by atoms with van der Waals surface area (Å²) < 4.78 is 19.7. The fourth-order valence-corrected chi connectivity index (χ4v) is 2.43. The van der Waals surface area contributed by atoms with Crippen molar-refractivity contribution in [1.29, 1.82) is 0 Å². The average Bonchev–Trinajstić information content (AvgIpc) is 2.44. The van der Waals surface area contributed by atoms with E-state index in [9.17, 15) is 9.18 Å². The first-order chi connectivity index (χ1) is 10.4. The Balaban J connectivity index is 2.05. The fourth-order valence-electron chi connectivity index (χ4n) is 1.64. The minimum atomic E-state index is -0.860. The van der Waals surface area contributed by atoms with Crippen LogP contribution >= 0.6 is 39.1 Å². The number of ether oxygens (including phenoxy) is 1. The Hall–Kier alpha value is -1.30. The molecule has 0 aliphatic heterocycles. The van der Waals surface area contributed by atoms with Crippen molar-refractivity contribution in [2.24, 2.45) is 0 Å². The van der Waals surface area contributed by atoms with Gasteiger partial charge in [-0.25, -0.2) is 4.39 Å². The number of halogens is 4. The highest BCUT2D eigenvalue weighted by Crippen LogP contribution is 2.28. The van der Waals surface area contributed by atoms with Gasteiger partial charge in [0.05, 0.1) is 10.7 Å². The van der Waals surface area contributed by atoms with E-state index in [2.05, 4.69) is 21.2 Å². The number of benzene rings is 2. The summed E-state index contributed by atoms with van der Waals surface area (Å²) in [5.41, 5.74) is 0.0749. The lowest BCUT2D eigenvalue weighted by atomic mass is 10.2. The summed E-state index contributed by atoms with van der Waals surface area (Å²) in [7, 11) is 0. The van der Waals surface area contributed by atoms with Gasteiger partial charge in [-0.2, -0.15) is 0 Å². The number of amides is 1. The molecule has 1 unspecified atom stereocenters. The zero-order valence-corrected chi connectivity index (χ0v) is 14.5. The molecule has 0 bridgehead atoms. The molecule has 116 valence electrons. The zero-order chi connectivity index (χ0) is 16.3. The number of nitrogens with one attached hydrogen (secondary N) is 1. The maximum Gasteiger partial charge on any atom is 0.265 e. The van der Waals surface area contributed by atoms with E-state index in [1.807, 2.05) is 0 Å². The minimum absolute atomic E-state index is 0.0749. The van der Waals surface area contributed by atoms with Gasteiger partial charge in [-0.05, 0) is 43.3 Å². The van der Waals surface area contributed by atoms with Crippen molar-refractivity contribution in [3.63, 3.8) is 0 Å². The lowest BCUT2D eigenvalue weighted by Crippen LogP contribution is -2.30. The van der Waals surface area contributed by atoms with E-state index in [4.69, 9.17) is 27.9 Å². The average molecular weight is 407 g/mol. The molecule has 3 nitrogen and oxygen atoms in total. The standard InChI is InChI=1S/C15H11BrCl2FNO2/c1-8(22-14-5-3-10(17)7-11(14)18)15(21)20-13-4-2-9(16)6-12(13)19/h2-8H,1H3,(H,20,21). The zero-order valence-electron chi connectivity index (χ0n) is 11.4. The lowest BCUT2D eigenvalue weighted by Gasteiger charge is -2.16. The van der Waals surface area contributed by atoms with Gasteiger partial charge in [0.1, 0.15) is 11.6 Å². The van der Waals surface area contributed by atoms with Gasteiger partial charge in [0.2, 0.25) is 0 Å². The van der Waals surface area contributed by atoms with Gasteiger partial charge in [-0.1, -0.05) is 39.1 Å². The summed E-state index contributed by atoms with van der Waals surface area (Å²) in [6, 6.07) is 9.02. The summed E-state index contributed by atoms with van der Waals surface area (Å²) in [6.07, 6.45) is -0.860. The van der Waals surface area contributed by atoms with Crippen LogP contribution in [0.25, 0.3) is 0 Å². The molecule has 0 aliphatic carbocycles. The van der Waals surface area contributed by atoms with E-state index < -0.39 is 17.8 Å². The summed E-state index contributed by atoms with van der Waals surface area (Å²) in [5, 5.41) is 3.22. The molecule has 1 atom stereocenters. The molecule has 1 N–H and O–H groups in total. The molecule has 0 saturated heterocycles. The summed E-state index contributed by atoms with van der Waals surface area (Å²) >= 11 is 14.9. The van der Waals surface area contributed by atoms with Crippen molar-refractivity contribution in [2.75, 3.05) is 5.32 Å². The molecular weight excluding hydrogens is 396 g/mol. The van der Waals surface area contributed by atoms with Crippen LogP contribution in [0.2, 0.25) is 10.0 Å². The molecule has 0 aliphatic rings. The largest absolute Gasteiger partial charge is 0.479 e. The third kappa shape index (κ3) is 4.35. The molecule has 22 heavy (non-hydrogen) atoms. The number of carbonyl (C=O) groups is 1. The highest BCUT2D eigenvalue weighted by molar-refractivity contribution is 9.10. The van der Waals surface area contributed by atoms with E-state index in [0.717, 1.165) is 0 Å². The van der Waals surface area contributed by atoms with Crippen LogP contribution in [0.1, 0.15) is 6.92 Å². The van der Waals surface area contributed by atoms with Crippen LogP contribution in [-0.2, 0) is 4.79 Å². The monoisotopic (exact) mass is 405 g/mol. The van der Waals surface area contributed by atoms with Crippen molar-refractivity contribution in [3.05, 3.63) is 56.7 Å². The summed E-state index contributed by atoms with van der Waals surface area (Å²) in [4.78, 5) is 12.0. The molecule has 1 amide bonds. The topological polar surface area (TPSA) is 38.3 Å². The molecule has 2 rings (SSSR count). The van der Waals surface area contributed by atoms with E-state index in [0.29, 0.717) is 20.3 Å². The second-order valence-electron chi connectivity index (χ2n) is 4.45. The van der Waals surface area contributed by atoms with Gasteiger partial charge in [0, 0.05) is 9.50 Å². The highest BCUT2D eigenvalue weighted by atomic mass is 79.9. The molecule has 0 saturated carbocycles. The van der Waals surface area contributed by atoms with Gasteiger partial charge < -0.3 is 10.1 Å². The molecule has 7 heteroatoms. The van der Waals surface area contributed by atoms with Crippen molar-refractivity contribution in [3.8, 4) is 5.75 Å². The van der Waals surface area contributed by atoms with E-state index >= 15 is 0 Å². The van der Waals surface area contributed by atoms with E-state index in [-0.39, 0.29) is 5.69 Å². The lowest BCUT2D eigenvalue weighted by molar-refractivity contribution is -0.122. The maximum atomic E-state index is 13.7. The predicted molar refractivity (Wildman–Crippen MR) is 89.3 cm³/mol. The van der Waals surface area contributed by atoms with Crippen molar-refractivity contribution in [2.45, 2.75) is 13.0 Å². The third-order valence-electron chi connectivity index (χ3n) is 2.76. The number of carbonyl (C=O) groups excluding carboxylic acids is 1. The SMILES string of the molecule is CC(Oc1ccc(Cl)cc1Cl)C(=O)Nc1ccc(Br)cc1F. The van der Waals surface area contributed by atoms with Crippen molar-refractivity contribution < 1.29 is 13.9 Å². The first-order valence-electron chi connectivity index (χ1n) is 6.24. The second-order valence-corrected chi connectivity index (χ2v) is 6.21. The van der Waals surface area contributed by atoms with Crippen LogP contribution in [0.15, 0.2) is 40.9 Å². The number of hydrogen-bond acceptors (Lipinski definition) is 2. The molecule has 2 aromatic carbocycles. The van der Waals surface area contributed by atoms with Crippen LogP contribution in [0.5, 0.6) is 5.75 Å². The summed E-state index contributed by atoms with van der Waals surface area (Å²) in [5.74, 6) is -0.711. The Morgan fingerprint density at radius 1 is 1.27 bits per heavy atom. The molecule has 2 aromatic rings. The number of rotatable bonds is 4. The predicted octanol–water partition coefficient (Wildman–Crippen LogP) is 5.30.